The van der Waals surface area contributed by atoms with Gasteiger partial charge in [0.25, 0.3) is 0 Å². The Morgan fingerprint density at radius 1 is 0.893 bits per heavy atom. The van der Waals surface area contributed by atoms with Crippen LogP contribution in [-0.2, 0) is 32.0 Å². The van der Waals surface area contributed by atoms with Gasteiger partial charge in [0, 0.05) is 45.4 Å². The monoisotopic (exact) mass is 385 g/mol. The first-order valence-corrected chi connectivity index (χ1v) is 9.64. The van der Waals surface area contributed by atoms with Crippen molar-refractivity contribution in [2.24, 2.45) is 0 Å². The Bertz CT molecular complexity index is 813. The summed E-state index contributed by atoms with van der Waals surface area (Å²) in [6.07, 6.45) is 1.57. The van der Waals surface area contributed by atoms with Crippen molar-refractivity contribution < 1.29 is 23.9 Å². The van der Waals surface area contributed by atoms with Gasteiger partial charge in [0.1, 0.15) is 12.3 Å². The number of carbonyl (C=O) groups excluding carboxylic acids is 4. The average molecular weight is 385 g/mol. The van der Waals surface area contributed by atoms with Gasteiger partial charge in [-0.05, 0) is 17.2 Å². The van der Waals surface area contributed by atoms with Crippen molar-refractivity contribution in [2.75, 3.05) is 39.3 Å². The molecule has 0 bridgehead atoms. The lowest BCUT2D eigenvalue weighted by Crippen LogP contribution is -2.53. The first kappa shape index (κ1) is 18.5. The Balaban J connectivity index is 1.27. The molecule has 0 spiro atoms. The summed E-state index contributed by atoms with van der Waals surface area (Å²) in [7, 11) is 0. The van der Waals surface area contributed by atoms with Crippen LogP contribution in [0.5, 0.6) is 5.75 Å². The van der Waals surface area contributed by atoms with E-state index in [-0.39, 0.29) is 43.0 Å². The molecule has 1 aromatic rings. The smallest absolute Gasteiger partial charge is 0.242 e. The molecule has 1 aromatic carbocycles. The summed E-state index contributed by atoms with van der Waals surface area (Å²) < 4.78 is 5.49. The quantitative estimate of drug-likeness (QED) is 0.680. The maximum atomic E-state index is 12.6. The van der Waals surface area contributed by atoms with Gasteiger partial charge < -0.3 is 14.5 Å². The largest absolute Gasteiger partial charge is 0.493 e. The number of imide groups is 1. The van der Waals surface area contributed by atoms with Crippen LogP contribution in [0, 0.1) is 0 Å². The molecule has 4 rings (SSSR count). The van der Waals surface area contributed by atoms with Crippen molar-refractivity contribution in [1.29, 1.82) is 0 Å². The normalized spacial score (nSPS) is 19.1. The van der Waals surface area contributed by atoms with Crippen molar-refractivity contribution in [2.45, 2.75) is 25.7 Å². The molecule has 3 aliphatic heterocycles. The van der Waals surface area contributed by atoms with Gasteiger partial charge in [0.15, 0.2) is 0 Å². The predicted molar refractivity (Wildman–Crippen MR) is 98.5 cm³/mol. The third kappa shape index (κ3) is 3.72. The molecular formula is C20H23N3O5. The molecule has 148 valence electrons. The van der Waals surface area contributed by atoms with Gasteiger partial charge in [0.05, 0.1) is 13.0 Å². The summed E-state index contributed by atoms with van der Waals surface area (Å²) in [5.41, 5.74) is 2.12. The predicted octanol–water partition coefficient (Wildman–Crippen LogP) is -0.0162. The number of rotatable bonds is 4. The van der Waals surface area contributed by atoms with Crippen LogP contribution in [0.3, 0.4) is 0 Å². The lowest BCUT2D eigenvalue weighted by Gasteiger charge is -2.35. The summed E-state index contributed by atoms with van der Waals surface area (Å²) in [4.78, 5) is 52.7. The van der Waals surface area contributed by atoms with E-state index < -0.39 is 0 Å². The highest BCUT2D eigenvalue weighted by Crippen LogP contribution is 2.26. The minimum absolute atomic E-state index is 0.0378. The maximum Gasteiger partial charge on any atom is 0.242 e. The lowest BCUT2D eigenvalue weighted by atomic mass is 10.1. The average Bonchev–Trinajstić information content (AvgIpc) is 3.29. The van der Waals surface area contributed by atoms with E-state index in [2.05, 4.69) is 0 Å². The third-order valence-corrected chi connectivity index (χ3v) is 5.54. The van der Waals surface area contributed by atoms with Crippen LogP contribution in [0.25, 0.3) is 0 Å². The van der Waals surface area contributed by atoms with E-state index in [1.807, 2.05) is 18.2 Å². The number of benzene rings is 1. The summed E-state index contributed by atoms with van der Waals surface area (Å²) in [5.74, 6) is 0.127. The van der Waals surface area contributed by atoms with Crippen LogP contribution in [0.15, 0.2) is 18.2 Å². The zero-order valence-corrected chi connectivity index (χ0v) is 15.7. The van der Waals surface area contributed by atoms with E-state index >= 15 is 0 Å². The number of likely N-dealkylation sites (tertiary alicyclic amines) is 1. The number of hydrogen-bond donors (Lipinski definition) is 0. The molecule has 2 saturated heterocycles. The van der Waals surface area contributed by atoms with Crippen molar-refractivity contribution in [3.8, 4) is 5.75 Å². The van der Waals surface area contributed by atoms with E-state index in [1.54, 1.807) is 9.80 Å². The number of fused-ring (bicyclic) bond motifs is 1. The van der Waals surface area contributed by atoms with Gasteiger partial charge in [0.2, 0.25) is 23.6 Å². The number of ether oxygens (including phenoxy) is 1. The Morgan fingerprint density at radius 2 is 1.54 bits per heavy atom. The molecule has 0 aromatic heterocycles. The zero-order valence-electron chi connectivity index (χ0n) is 15.7. The minimum Gasteiger partial charge on any atom is -0.493 e. The molecule has 8 nitrogen and oxygen atoms in total. The third-order valence-electron chi connectivity index (χ3n) is 5.54. The molecule has 3 heterocycles. The Kier molecular flexibility index (Phi) is 5.02. The molecule has 2 fully saturated rings. The number of amides is 4. The number of piperazine rings is 1. The fraction of sp³-hybridized carbons (Fsp3) is 0.500. The van der Waals surface area contributed by atoms with Gasteiger partial charge in [-0.3, -0.25) is 24.1 Å². The highest BCUT2D eigenvalue weighted by Gasteiger charge is 2.33. The van der Waals surface area contributed by atoms with Gasteiger partial charge in [-0.2, -0.15) is 0 Å². The fourth-order valence-corrected chi connectivity index (χ4v) is 3.88. The van der Waals surface area contributed by atoms with Gasteiger partial charge >= 0.3 is 0 Å². The zero-order chi connectivity index (χ0) is 19.7. The fourth-order valence-electron chi connectivity index (χ4n) is 3.88. The molecule has 4 amide bonds. The van der Waals surface area contributed by atoms with Gasteiger partial charge in [-0.25, -0.2) is 0 Å². The molecule has 3 aliphatic rings. The van der Waals surface area contributed by atoms with E-state index in [0.717, 1.165) is 28.2 Å². The van der Waals surface area contributed by atoms with Crippen LogP contribution >= 0.6 is 0 Å². The van der Waals surface area contributed by atoms with Crippen LogP contribution in [-0.4, -0.2) is 77.7 Å². The van der Waals surface area contributed by atoms with E-state index in [1.165, 1.54) is 0 Å². The standard InChI is InChI=1S/C20H23N3O5/c24-17-3-4-18(25)23(17)13-20(27)22-8-6-21(7-9-22)19(26)12-14-1-2-16-15(11-14)5-10-28-16/h1-2,11H,3-10,12-13H2. The lowest BCUT2D eigenvalue weighted by molar-refractivity contribution is -0.147. The summed E-state index contributed by atoms with van der Waals surface area (Å²) >= 11 is 0. The summed E-state index contributed by atoms with van der Waals surface area (Å²) in [5, 5.41) is 0. The first-order chi connectivity index (χ1) is 13.5. The van der Waals surface area contributed by atoms with Crippen molar-refractivity contribution in [3.63, 3.8) is 0 Å². The van der Waals surface area contributed by atoms with Crippen molar-refractivity contribution in [1.82, 2.24) is 14.7 Å². The highest BCUT2D eigenvalue weighted by molar-refractivity contribution is 6.04. The van der Waals surface area contributed by atoms with Crippen LogP contribution in [0.4, 0.5) is 0 Å². The Hall–Kier alpha value is -2.90. The van der Waals surface area contributed by atoms with E-state index in [0.29, 0.717) is 39.2 Å². The summed E-state index contributed by atoms with van der Waals surface area (Å²) in [6, 6.07) is 5.87. The van der Waals surface area contributed by atoms with Crippen molar-refractivity contribution >= 4 is 23.6 Å². The van der Waals surface area contributed by atoms with Crippen LogP contribution in [0.2, 0.25) is 0 Å². The Morgan fingerprint density at radius 3 is 2.21 bits per heavy atom. The number of carbonyl (C=O) groups is 4. The molecule has 0 radical (unpaired) electrons. The first-order valence-electron chi connectivity index (χ1n) is 9.64. The van der Waals surface area contributed by atoms with Crippen LogP contribution < -0.4 is 4.74 Å². The molecular weight excluding hydrogens is 362 g/mol. The molecule has 0 atom stereocenters. The SMILES string of the molecule is O=C(Cc1ccc2c(c1)CCO2)N1CCN(C(=O)CN2C(=O)CCC2=O)CC1. The van der Waals surface area contributed by atoms with Crippen molar-refractivity contribution in [3.05, 3.63) is 29.3 Å². The second-order valence-electron chi connectivity index (χ2n) is 7.35. The van der Waals surface area contributed by atoms with Gasteiger partial charge in [-0.15, -0.1) is 0 Å². The Labute approximate surface area is 163 Å². The molecule has 0 N–H and O–H groups in total. The number of hydrogen-bond acceptors (Lipinski definition) is 5. The molecule has 0 unspecified atom stereocenters. The van der Waals surface area contributed by atoms with E-state index in [9.17, 15) is 19.2 Å². The highest BCUT2D eigenvalue weighted by atomic mass is 16.5. The topological polar surface area (TPSA) is 87.2 Å². The maximum absolute atomic E-state index is 12.6. The van der Waals surface area contributed by atoms with E-state index in [4.69, 9.17) is 4.74 Å². The molecule has 28 heavy (non-hydrogen) atoms. The second kappa shape index (κ2) is 7.61. The summed E-state index contributed by atoms with van der Waals surface area (Å²) in [6.45, 7) is 2.25. The minimum atomic E-state index is -0.285. The van der Waals surface area contributed by atoms with Crippen LogP contribution in [0.1, 0.15) is 24.0 Å². The number of nitrogens with zero attached hydrogens (tertiary/aromatic N) is 3. The molecule has 0 saturated carbocycles. The molecule has 0 aliphatic carbocycles. The molecule has 8 heteroatoms. The second-order valence-corrected chi connectivity index (χ2v) is 7.35. The van der Waals surface area contributed by atoms with Gasteiger partial charge in [-0.1, -0.05) is 12.1 Å².